The Labute approximate surface area is 126 Å². The zero-order valence-electron chi connectivity index (χ0n) is 13.0. The third-order valence-corrected chi connectivity index (χ3v) is 5.47. The van der Waals surface area contributed by atoms with Crippen molar-refractivity contribution in [1.82, 2.24) is 5.32 Å². The van der Waals surface area contributed by atoms with Crippen LogP contribution in [0.4, 0.5) is 4.39 Å². The monoisotopic (exact) mass is 317 g/mol. The van der Waals surface area contributed by atoms with Gasteiger partial charge in [-0.2, -0.15) is 0 Å². The summed E-state index contributed by atoms with van der Waals surface area (Å²) in [4.78, 5) is 0. The minimum Gasteiger partial charge on any atom is -0.492 e. The van der Waals surface area contributed by atoms with Crippen molar-refractivity contribution >= 4 is 9.84 Å². The van der Waals surface area contributed by atoms with Crippen molar-refractivity contribution in [3.05, 3.63) is 29.6 Å². The number of sulfone groups is 1. The van der Waals surface area contributed by atoms with Gasteiger partial charge in [-0.25, -0.2) is 12.8 Å². The smallest absolute Gasteiger partial charge is 0.155 e. The summed E-state index contributed by atoms with van der Waals surface area (Å²) in [5, 5.41) is 2.79. The number of nitrogens with one attached hydrogen (secondary N) is 1. The molecule has 6 heteroatoms. The maximum Gasteiger partial charge on any atom is 0.155 e. The summed E-state index contributed by atoms with van der Waals surface area (Å²) < 4.78 is 42.4. The predicted octanol–water partition coefficient (Wildman–Crippen LogP) is 2.70. The van der Waals surface area contributed by atoms with E-state index in [0.717, 1.165) is 12.1 Å². The zero-order chi connectivity index (χ0) is 16.0. The van der Waals surface area contributed by atoms with Crippen LogP contribution in [0.2, 0.25) is 0 Å². The van der Waals surface area contributed by atoms with Gasteiger partial charge in [0.05, 0.1) is 11.0 Å². The molecule has 1 N–H and O–H groups in total. The number of benzene rings is 1. The molecule has 0 spiro atoms. The molecule has 0 bridgehead atoms. The lowest BCUT2D eigenvalue weighted by Gasteiger charge is -2.18. The lowest BCUT2D eigenvalue weighted by atomic mass is 10.1. The van der Waals surface area contributed by atoms with E-state index in [4.69, 9.17) is 4.74 Å². The number of ether oxygens (including phenoxy) is 1. The fraction of sp³-hybridized carbons (Fsp3) is 0.600. The largest absolute Gasteiger partial charge is 0.492 e. The van der Waals surface area contributed by atoms with E-state index in [1.165, 1.54) is 12.1 Å². The van der Waals surface area contributed by atoms with Crippen molar-refractivity contribution in [3.63, 3.8) is 0 Å². The molecule has 0 aromatic heterocycles. The van der Waals surface area contributed by atoms with Crippen molar-refractivity contribution in [3.8, 4) is 5.75 Å². The lowest BCUT2D eigenvalue weighted by Crippen LogP contribution is -2.23. The molecule has 21 heavy (non-hydrogen) atoms. The predicted molar refractivity (Wildman–Crippen MR) is 82.9 cm³/mol. The van der Waals surface area contributed by atoms with E-state index in [1.54, 1.807) is 19.9 Å². The molecule has 0 aliphatic carbocycles. The van der Waals surface area contributed by atoms with Crippen molar-refractivity contribution in [1.29, 1.82) is 0 Å². The second-order valence-corrected chi connectivity index (χ2v) is 7.90. The van der Waals surface area contributed by atoms with Gasteiger partial charge in [0.15, 0.2) is 9.84 Å². The minimum absolute atomic E-state index is 0.00676. The molecule has 1 aromatic rings. The van der Waals surface area contributed by atoms with Crippen LogP contribution in [0.3, 0.4) is 0 Å². The summed E-state index contributed by atoms with van der Waals surface area (Å²) in [7, 11) is -3.16. The Morgan fingerprint density at radius 2 is 1.95 bits per heavy atom. The van der Waals surface area contributed by atoms with Crippen LogP contribution in [-0.4, -0.2) is 32.6 Å². The van der Waals surface area contributed by atoms with Gasteiger partial charge in [0, 0.05) is 17.7 Å². The van der Waals surface area contributed by atoms with Gasteiger partial charge < -0.3 is 10.1 Å². The molecule has 0 amide bonds. The van der Waals surface area contributed by atoms with Crippen LogP contribution in [0.1, 0.15) is 39.3 Å². The molecule has 1 unspecified atom stereocenters. The molecular formula is C15H24FNO3S. The molecule has 0 aliphatic rings. The maximum absolute atomic E-state index is 13.4. The summed E-state index contributed by atoms with van der Waals surface area (Å²) >= 11 is 0. The first-order chi connectivity index (χ1) is 9.77. The molecule has 0 saturated heterocycles. The Morgan fingerprint density at radius 3 is 2.52 bits per heavy atom. The second kappa shape index (κ2) is 7.75. The Balaban J connectivity index is 2.80. The second-order valence-electron chi connectivity index (χ2n) is 5.23. The van der Waals surface area contributed by atoms with Gasteiger partial charge in [0.25, 0.3) is 0 Å². The molecule has 4 nitrogen and oxygen atoms in total. The Morgan fingerprint density at radius 1 is 1.29 bits per heavy atom. The van der Waals surface area contributed by atoms with Gasteiger partial charge in [-0.15, -0.1) is 0 Å². The van der Waals surface area contributed by atoms with Crippen LogP contribution in [0.15, 0.2) is 18.2 Å². The van der Waals surface area contributed by atoms with Crippen LogP contribution < -0.4 is 10.1 Å². The van der Waals surface area contributed by atoms with Crippen molar-refractivity contribution in [2.45, 2.75) is 39.0 Å². The fourth-order valence-corrected chi connectivity index (χ4v) is 2.70. The van der Waals surface area contributed by atoms with Gasteiger partial charge in [-0.3, -0.25) is 0 Å². The van der Waals surface area contributed by atoms with Crippen molar-refractivity contribution in [2.75, 3.05) is 18.9 Å². The van der Waals surface area contributed by atoms with E-state index in [0.29, 0.717) is 5.75 Å². The number of hydrogen-bond donors (Lipinski definition) is 1. The summed E-state index contributed by atoms with van der Waals surface area (Å²) in [6.45, 7) is 8.01. The summed E-state index contributed by atoms with van der Waals surface area (Å²) in [6, 6.07) is 4.34. The molecule has 1 rings (SSSR count). The highest BCUT2D eigenvalue weighted by Crippen LogP contribution is 2.26. The van der Waals surface area contributed by atoms with Gasteiger partial charge in [-0.1, -0.05) is 13.0 Å². The highest BCUT2D eigenvalue weighted by Gasteiger charge is 2.17. The molecule has 0 heterocycles. The first-order valence-corrected chi connectivity index (χ1v) is 8.86. The molecule has 1 atom stereocenters. The average Bonchev–Trinajstić information content (AvgIpc) is 2.38. The van der Waals surface area contributed by atoms with Crippen LogP contribution >= 0.6 is 0 Å². The quantitative estimate of drug-likeness (QED) is 0.801. The van der Waals surface area contributed by atoms with Gasteiger partial charge in [-0.05, 0) is 33.4 Å². The average molecular weight is 317 g/mol. The molecule has 1 aromatic carbocycles. The maximum atomic E-state index is 13.4. The highest BCUT2D eigenvalue weighted by atomic mass is 32.2. The third-order valence-electron chi connectivity index (χ3n) is 3.30. The van der Waals surface area contributed by atoms with E-state index < -0.39 is 20.9 Å². The number of halogens is 1. The van der Waals surface area contributed by atoms with Crippen LogP contribution in [0, 0.1) is 5.82 Å². The first-order valence-electron chi connectivity index (χ1n) is 7.15. The Hall–Kier alpha value is -1.14. The number of rotatable bonds is 8. The normalized spacial score (nSPS) is 13.4. The van der Waals surface area contributed by atoms with Crippen LogP contribution in [0.25, 0.3) is 0 Å². The molecule has 0 aliphatic heterocycles. The molecule has 120 valence electrons. The SMILES string of the molecule is CCNC(C)c1ccc(F)cc1OCCS(=O)(=O)C(C)C. The minimum atomic E-state index is -3.16. The van der Waals surface area contributed by atoms with Crippen LogP contribution in [-0.2, 0) is 9.84 Å². The Bertz CT molecular complexity index is 558. The molecular weight excluding hydrogens is 293 g/mol. The van der Waals surface area contributed by atoms with E-state index in [9.17, 15) is 12.8 Å². The zero-order valence-corrected chi connectivity index (χ0v) is 13.8. The van der Waals surface area contributed by atoms with Crippen molar-refractivity contribution < 1.29 is 17.5 Å². The van der Waals surface area contributed by atoms with Gasteiger partial charge >= 0.3 is 0 Å². The third kappa shape index (κ3) is 5.28. The van der Waals surface area contributed by atoms with Gasteiger partial charge in [0.2, 0.25) is 0 Å². The fourth-order valence-electron chi connectivity index (χ4n) is 1.91. The topological polar surface area (TPSA) is 55.4 Å². The Kier molecular flexibility index (Phi) is 6.61. The standard InChI is InChI=1S/C15H24FNO3S/c1-5-17-12(4)14-7-6-13(16)10-15(14)20-8-9-21(18,19)11(2)3/h6-7,10-12,17H,5,8-9H2,1-4H3. The van der Waals surface area contributed by atoms with Gasteiger partial charge in [0.1, 0.15) is 18.2 Å². The van der Waals surface area contributed by atoms with Crippen LogP contribution in [0.5, 0.6) is 5.75 Å². The molecule has 0 radical (unpaired) electrons. The molecule has 0 saturated carbocycles. The lowest BCUT2D eigenvalue weighted by molar-refractivity contribution is 0.331. The van der Waals surface area contributed by atoms with E-state index >= 15 is 0 Å². The highest BCUT2D eigenvalue weighted by molar-refractivity contribution is 7.91. The summed E-state index contributed by atoms with van der Waals surface area (Å²) in [6.07, 6.45) is 0. The van der Waals surface area contributed by atoms with E-state index in [-0.39, 0.29) is 18.4 Å². The van der Waals surface area contributed by atoms with E-state index in [1.807, 2.05) is 13.8 Å². The van der Waals surface area contributed by atoms with Crippen molar-refractivity contribution in [2.24, 2.45) is 0 Å². The number of hydrogen-bond acceptors (Lipinski definition) is 4. The molecule has 0 fully saturated rings. The summed E-state index contributed by atoms with van der Waals surface area (Å²) in [5.41, 5.74) is 0.820. The summed E-state index contributed by atoms with van der Waals surface area (Å²) in [5.74, 6) is -0.0810. The first kappa shape index (κ1) is 17.9. The van der Waals surface area contributed by atoms with E-state index in [2.05, 4.69) is 5.32 Å².